The Morgan fingerprint density at radius 1 is 1.25 bits per heavy atom. The van der Waals surface area contributed by atoms with Crippen LogP contribution in [0, 0.1) is 0 Å². The maximum Gasteiger partial charge on any atom is 0.0626 e. The van der Waals surface area contributed by atoms with Crippen molar-refractivity contribution in [2.24, 2.45) is 0 Å². The van der Waals surface area contributed by atoms with Crippen LogP contribution < -0.4 is 0 Å². The molecule has 0 saturated heterocycles. The van der Waals surface area contributed by atoms with Gasteiger partial charge in [0.25, 0.3) is 0 Å². The largest absolute Gasteiger partial charge is 0.0654 e. The van der Waals surface area contributed by atoms with Crippen molar-refractivity contribution in [2.45, 2.75) is 39.0 Å². The topological polar surface area (TPSA) is 0 Å². The molecule has 12 heavy (non-hydrogen) atoms. The molecule has 0 amide bonds. The van der Waals surface area contributed by atoms with Gasteiger partial charge in [-0.05, 0) is 18.4 Å². The van der Waals surface area contributed by atoms with Gasteiger partial charge in [0.1, 0.15) is 0 Å². The quantitative estimate of drug-likeness (QED) is 0.580. The van der Waals surface area contributed by atoms with Crippen LogP contribution in [-0.4, -0.2) is 0 Å². The lowest BCUT2D eigenvalue weighted by molar-refractivity contribution is 0.667. The van der Waals surface area contributed by atoms with Crippen molar-refractivity contribution in [1.82, 2.24) is 0 Å². The molecule has 0 saturated carbocycles. The summed E-state index contributed by atoms with van der Waals surface area (Å²) in [6, 6.07) is 6.27. The fourth-order valence-electron chi connectivity index (χ4n) is 1.28. The summed E-state index contributed by atoms with van der Waals surface area (Å²) in [5, 5.41) is 0. The zero-order valence-electron chi connectivity index (χ0n) is 9.77. The Bertz CT molecular complexity index is 282. The maximum absolute atomic E-state index is 7.69. The summed E-state index contributed by atoms with van der Waals surface area (Å²) < 4.78 is 15.2. The standard InChI is InChI=1S/C12H18/c1-2-3-4-6-9-12-10-7-5-8-11-12/h5,7-8,10-11H,2-4,6,9H2,1H3/i7D,10D. The molecule has 0 bridgehead atoms. The molecule has 0 fully saturated rings. The van der Waals surface area contributed by atoms with Crippen LogP contribution in [-0.2, 0) is 6.42 Å². The number of rotatable bonds is 5. The molecular formula is C12H18. The number of benzene rings is 1. The molecule has 0 aliphatic heterocycles. The second-order valence-corrected chi connectivity index (χ2v) is 3.13. The summed E-state index contributed by atoms with van der Waals surface area (Å²) in [6.45, 7) is 2.19. The average molecular weight is 164 g/mol. The first-order valence-corrected chi connectivity index (χ1v) is 4.80. The zero-order chi connectivity index (χ0) is 10.4. The van der Waals surface area contributed by atoms with Gasteiger partial charge in [0.15, 0.2) is 0 Å². The van der Waals surface area contributed by atoms with Crippen molar-refractivity contribution < 1.29 is 2.74 Å². The molecule has 1 aromatic carbocycles. The molecule has 66 valence electrons. The minimum absolute atomic E-state index is 0.345. The molecule has 0 heteroatoms. The molecule has 0 aromatic heterocycles. The van der Waals surface area contributed by atoms with E-state index in [1.807, 2.05) is 12.1 Å². The van der Waals surface area contributed by atoms with E-state index in [-0.39, 0.29) is 0 Å². The van der Waals surface area contributed by atoms with Crippen LogP contribution in [0.25, 0.3) is 0 Å². The molecule has 1 aromatic rings. The second kappa shape index (κ2) is 5.82. The van der Waals surface area contributed by atoms with Gasteiger partial charge >= 0.3 is 0 Å². The molecule has 0 spiro atoms. The Balaban J connectivity index is 2.46. The molecule has 0 N–H and O–H groups in total. The van der Waals surface area contributed by atoms with Gasteiger partial charge in [-0.3, -0.25) is 0 Å². The lowest BCUT2D eigenvalue weighted by atomic mass is 10.1. The third-order valence-electron chi connectivity index (χ3n) is 2.01. The van der Waals surface area contributed by atoms with E-state index in [2.05, 4.69) is 6.92 Å². The van der Waals surface area contributed by atoms with E-state index in [0.29, 0.717) is 12.1 Å². The van der Waals surface area contributed by atoms with Crippen molar-refractivity contribution in [3.05, 3.63) is 35.8 Å². The normalized spacial score (nSPS) is 12.4. The summed E-state index contributed by atoms with van der Waals surface area (Å²) in [5.41, 5.74) is 1.02. The number of aryl methyl sites for hydroxylation is 1. The molecule has 0 aliphatic rings. The monoisotopic (exact) mass is 164 g/mol. The second-order valence-electron chi connectivity index (χ2n) is 3.13. The summed E-state index contributed by atoms with van der Waals surface area (Å²) >= 11 is 0. The summed E-state index contributed by atoms with van der Waals surface area (Å²) in [5.74, 6) is 0. The van der Waals surface area contributed by atoms with Gasteiger partial charge in [0.2, 0.25) is 0 Å². The van der Waals surface area contributed by atoms with Crippen LogP contribution >= 0.6 is 0 Å². The molecule has 0 heterocycles. The third kappa shape index (κ3) is 3.56. The first-order valence-electron chi connectivity index (χ1n) is 5.80. The predicted octanol–water partition coefficient (Wildman–Crippen LogP) is 3.81. The van der Waals surface area contributed by atoms with Gasteiger partial charge in [0, 0.05) is 0 Å². The fraction of sp³-hybridized carbons (Fsp3) is 0.500. The van der Waals surface area contributed by atoms with Gasteiger partial charge in [-0.1, -0.05) is 56.5 Å². The van der Waals surface area contributed by atoms with Crippen molar-refractivity contribution in [1.29, 1.82) is 0 Å². The van der Waals surface area contributed by atoms with Crippen LogP contribution in [0.3, 0.4) is 0 Å². The molecule has 0 unspecified atom stereocenters. The van der Waals surface area contributed by atoms with Gasteiger partial charge in [0.05, 0.1) is 2.74 Å². The van der Waals surface area contributed by atoms with E-state index in [1.165, 1.54) is 19.3 Å². The summed E-state index contributed by atoms with van der Waals surface area (Å²) in [4.78, 5) is 0. The van der Waals surface area contributed by atoms with Gasteiger partial charge in [-0.2, -0.15) is 0 Å². The Hall–Kier alpha value is -0.780. The average Bonchev–Trinajstić information content (AvgIpc) is 2.19. The zero-order valence-corrected chi connectivity index (χ0v) is 7.77. The highest BCUT2D eigenvalue weighted by Gasteiger charge is 1.90. The van der Waals surface area contributed by atoms with Crippen molar-refractivity contribution >= 4 is 0 Å². The van der Waals surface area contributed by atoms with E-state index in [4.69, 9.17) is 2.74 Å². The van der Waals surface area contributed by atoms with Crippen LogP contribution in [0.15, 0.2) is 30.3 Å². The number of unbranched alkanes of at least 4 members (excludes halogenated alkanes) is 3. The van der Waals surface area contributed by atoms with E-state index >= 15 is 0 Å². The molecule has 0 nitrogen and oxygen atoms in total. The Kier molecular flexibility index (Phi) is 3.25. The minimum Gasteiger partial charge on any atom is -0.0654 e. The van der Waals surface area contributed by atoms with Gasteiger partial charge in [-0.25, -0.2) is 0 Å². The van der Waals surface area contributed by atoms with Crippen molar-refractivity contribution in [2.75, 3.05) is 0 Å². The Morgan fingerprint density at radius 2 is 2.17 bits per heavy atom. The van der Waals surface area contributed by atoms with Gasteiger partial charge in [-0.15, -0.1) is 0 Å². The smallest absolute Gasteiger partial charge is 0.0626 e. The summed E-state index contributed by atoms with van der Waals surface area (Å²) in [6.07, 6.45) is 5.84. The first kappa shape index (κ1) is 6.71. The van der Waals surface area contributed by atoms with Crippen LogP contribution in [0.1, 0.15) is 40.9 Å². The highest BCUT2D eigenvalue weighted by molar-refractivity contribution is 5.14. The maximum atomic E-state index is 7.69. The van der Waals surface area contributed by atoms with E-state index in [0.717, 1.165) is 18.4 Å². The van der Waals surface area contributed by atoms with Gasteiger partial charge < -0.3 is 0 Å². The third-order valence-corrected chi connectivity index (χ3v) is 2.01. The summed E-state index contributed by atoms with van der Waals surface area (Å²) in [7, 11) is 0. The predicted molar refractivity (Wildman–Crippen MR) is 54.3 cm³/mol. The van der Waals surface area contributed by atoms with E-state index in [1.54, 1.807) is 6.07 Å². The highest BCUT2D eigenvalue weighted by Crippen LogP contribution is 2.06. The van der Waals surface area contributed by atoms with Crippen LogP contribution in [0.5, 0.6) is 0 Å². The van der Waals surface area contributed by atoms with Crippen molar-refractivity contribution in [3.63, 3.8) is 0 Å². The van der Waals surface area contributed by atoms with E-state index in [9.17, 15) is 0 Å². The lowest BCUT2D eigenvalue weighted by Gasteiger charge is -1.99. The number of hydrogen-bond acceptors (Lipinski definition) is 0. The highest BCUT2D eigenvalue weighted by atomic mass is 14.0. The first-order chi connectivity index (χ1) is 6.75. The Morgan fingerprint density at radius 3 is 3.00 bits per heavy atom. The fourth-order valence-corrected chi connectivity index (χ4v) is 1.28. The molecule has 0 aliphatic carbocycles. The number of hydrogen-bond donors (Lipinski definition) is 0. The molecule has 0 radical (unpaired) electrons. The van der Waals surface area contributed by atoms with Crippen LogP contribution in [0.4, 0.5) is 0 Å². The SMILES string of the molecule is [2H]c1cccc(CCCCCC)c1[2H]. The lowest BCUT2D eigenvalue weighted by Crippen LogP contribution is -1.84. The molecule has 0 atom stereocenters. The molecular weight excluding hydrogens is 144 g/mol. The minimum atomic E-state index is 0.345. The van der Waals surface area contributed by atoms with E-state index < -0.39 is 0 Å². The van der Waals surface area contributed by atoms with Crippen molar-refractivity contribution in [3.8, 4) is 0 Å². The Labute approximate surface area is 78.4 Å². The molecule has 1 rings (SSSR count). The van der Waals surface area contributed by atoms with Crippen LogP contribution in [0.2, 0.25) is 0 Å².